The molecular weight excluding hydrogens is 444 g/mol. The fraction of sp³-hybridized carbons (Fsp3) is 0.250. The van der Waals surface area contributed by atoms with Crippen molar-refractivity contribution in [2.45, 2.75) is 33.3 Å². The third-order valence-electron chi connectivity index (χ3n) is 4.64. The zero-order chi connectivity index (χ0) is 24.0. The second-order valence-corrected chi connectivity index (χ2v) is 8.11. The minimum atomic E-state index is -1.05. The molecule has 2 aromatic carbocycles. The van der Waals surface area contributed by atoms with Crippen LogP contribution in [0.2, 0.25) is 0 Å². The van der Waals surface area contributed by atoms with E-state index in [1.165, 1.54) is 18.7 Å². The normalized spacial score (nSPS) is 16.5. The van der Waals surface area contributed by atoms with Crippen LogP contribution < -0.4 is 14.8 Å². The molecule has 8 nitrogen and oxygen atoms in total. The van der Waals surface area contributed by atoms with Gasteiger partial charge >= 0.3 is 5.97 Å². The highest BCUT2D eigenvalue weighted by Crippen LogP contribution is 2.33. The van der Waals surface area contributed by atoms with Crippen LogP contribution in [0.15, 0.2) is 52.4 Å². The van der Waals surface area contributed by atoms with Gasteiger partial charge in [0.2, 0.25) is 0 Å². The van der Waals surface area contributed by atoms with Crippen LogP contribution in [0.4, 0.5) is 5.69 Å². The summed E-state index contributed by atoms with van der Waals surface area (Å²) < 4.78 is 11.2. The van der Waals surface area contributed by atoms with E-state index in [4.69, 9.17) is 9.47 Å². The number of amidine groups is 1. The number of carbonyl (C=O) groups excluding carboxylic acids is 2. The molecule has 3 rings (SSSR count). The Balaban J connectivity index is 1.80. The first-order valence-corrected chi connectivity index (χ1v) is 11.2. The second kappa shape index (κ2) is 10.8. The van der Waals surface area contributed by atoms with Crippen molar-refractivity contribution in [3.8, 4) is 11.5 Å². The number of ether oxygens (including phenoxy) is 2. The second-order valence-electron chi connectivity index (χ2n) is 7.08. The lowest BCUT2D eigenvalue weighted by Gasteiger charge is -2.16. The van der Waals surface area contributed by atoms with Crippen LogP contribution in [0.1, 0.15) is 43.1 Å². The molecule has 0 radical (unpaired) electrons. The lowest BCUT2D eigenvalue weighted by molar-refractivity contribution is -0.145. The lowest BCUT2D eigenvalue weighted by Crippen LogP contribution is -2.26. The van der Waals surface area contributed by atoms with Crippen LogP contribution in [-0.2, 0) is 9.59 Å². The topological polar surface area (TPSA) is 114 Å². The molecule has 0 aliphatic carbocycles. The summed E-state index contributed by atoms with van der Waals surface area (Å²) in [7, 11) is 0. The fourth-order valence-corrected chi connectivity index (χ4v) is 3.80. The molecule has 1 atom stereocenters. The molecular formula is C24H24N2O6S. The van der Waals surface area contributed by atoms with Crippen LogP contribution in [0.25, 0.3) is 6.08 Å². The maximum atomic E-state index is 12.4. The monoisotopic (exact) mass is 468 g/mol. The van der Waals surface area contributed by atoms with Crippen LogP contribution in [0, 0.1) is 0 Å². The van der Waals surface area contributed by atoms with Gasteiger partial charge in [0.15, 0.2) is 28.6 Å². The van der Waals surface area contributed by atoms with Gasteiger partial charge in [-0.1, -0.05) is 13.0 Å². The number of amides is 1. The lowest BCUT2D eigenvalue weighted by atomic mass is 10.1. The number of Topliss-reactive ketones (excluding diaryl/α,β-unsaturated/α-hetero) is 1. The molecule has 9 heteroatoms. The molecule has 0 bridgehead atoms. The number of carbonyl (C=O) groups is 3. The molecule has 1 fully saturated rings. The van der Waals surface area contributed by atoms with Gasteiger partial charge in [-0.15, -0.1) is 0 Å². The van der Waals surface area contributed by atoms with E-state index in [2.05, 4.69) is 10.3 Å². The van der Waals surface area contributed by atoms with Crippen molar-refractivity contribution in [1.82, 2.24) is 5.32 Å². The Labute approximate surface area is 195 Å². The number of thioether (sulfide) groups is 1. The quantitative estimate of drug-likeness (QED) is 0.413. The highest BCUT2D eigenvalue weighted by molar-refractivity contribution is 8.18. The molecule has 1 amide bonds. The summed E-state index contributed by atoms with van der Waals surface area (Å²) in [5.74, 6) is -0.635. The van der Waals surface area contributed by atoms with E-state index in [9.17, 15) is 19.5 Å². The van der Waals surface area contributed by atoms with Gasteiger partial charge < -0.3 is 19.9 Å². The van der Waals surface area contributed by atoms with Gasteiger partial charge in [-0.3, -0.25) is 9.59 Å². The van der Waals surface area contributed by atoms with E-state index in [-0.39, 0.29) is 11.7 Å². The molecule has 2 N–H and O–H groups in total. The summed E-state index contributed by atoms with van der Waals surface area (Å²) in [6.45, 7) is 5.41. The van der Waals surface area contributed by atoms with Crippen LogP contribution in [-0.4, -0.2) is 40.6 Å². The van der Waals surface area contributed by atoms with Crippen LogP contribution in [0.5, 0.6) is 11.5 Å². The molecule has 0 spiro atoms. The van der Waals surface area contributed by atoms with Crippen LogP contribution in [0.3, 0.4) is 0 Å². The number of nitrogens with one attached hydrogen (secondary N) is 1. The average molecular weight is 469 g/mol. The third kappa shape index (κ3) is 6.23. The Morgan fingerprint density at radius 1 is 1.15 bits per heavy atom. The fourth-order valence-electron chi connectivity index (χ4n) is 2.96. The Morgan fingerprint density at radius 2 is 1.88 bits per heavy atom. The zero-order valence-electron chi connectivity index (χ0n) is 18.5. The largest absolute Gasteiger partial charge is 0.490 e. The summed E-state index contributed by atoms with van der Waals surface area (Å²) in [5.41, 5.74) is 1.90. The van der Waals surface area contributed by atoms with Gasteiger partial charge in [-0.2, -0.15) is 0 Å². The number of benzene rings is 2. The number of nitrogens with zero attached hydrogens (tertiary/aromatic N) is 1. The molecule has 2 aromatic rings. The predicted molar refractivity (Wildman–Crippen MR) is 127 cm³/mol. The predicted octanol–water partition coefficient (Wildman–Crippen LogP) is 4.42. The number of aliphatic carboxylic acids is 1. The maximum Gasteiger partial charge on any atom is 0.344 e. The molecule has 1 aliphatic heterocycles. The Hall–Kier alpha value is -3.59. The first-order chi connectivity index (χ1) is 15.8. The summed E-state index contributed by atoms with van der Waals surface area (Å²) in [5, 5.41) is 12.4. The van der Waals surface area contributed by atoms with E-state index in [0.29, 0.717) is 51.4 Å². The molecule has 0 aromatic heterocycles. The molecule has 1 aliphatic rings. The minimum absolute atomic E-state index is 0.0287. The van der Waals surface area contributed by atoms with Gasteiger partial charge in [0.1, 0.15) is 0 Å². The number of carboxylic acid groups (broad SMARTS) is 1. The van der Waals surface area contributed by atoms with Crippen molar-refractivity contribution in [3.05, 3.63) is 58.5 Å². The van der Waals surface area contributed by atoms with E-state index < -0.39 is 12.1 Å². The molecule has 0 saturated carbocycles. The SMILES string of the molecule is CCOc1cc(/C=C2/SC(=Nc3ccc(C(C)=O)cc3)NC2=O)ccc1OC(CC)C(=O)O. The number of hydrogen-bond donors (Lipinski definition) is 2. The number of aliphatic imine (C=N–C) groups is 1. The van der Waals surface area contributed by atoms with Crippen molar-refractivity contribution in [2.75, 3.05) is 6.61 Å². The molecule has 1 unspecified atom stereocenters. The van der Waals surface area contributed by atoms with Gasteiger partial charge in [0.05, 0.1) is 17.2 Å². The summed E-state index contributed by atoms with van der Waals surface area (Å²) in [6.07, 6.45) is 1.03. The van der Waals surface area contributed by atoms with E-state index in [1.54, 1.807) is 55.5 Å². The first kappa shape index (κ1) is 24.1. The van der Waals surface area contributed by atoms with Crippen molar-refractivity contribution in [1.29, 1.82) is 0 Å². The first-order valence-electron chi connectivity index (χ1n) is 10.4. The van der Waals surface area contributed by atoms with Gasteiger partial charge in [0.25, 0.3) is 5.91 Å². The van der Waals surface area contributed by atoms with Crippen molar-refractivity contribution in [2.24, 2.45) is 4.99 Å². The molecule has 172 valence electrons. The molecule has 33 heavy (non-hydrogen) atoms. The standard InChI is InChI=1S/C24H24N2O6S/c1-4-18(23(29)30)32-19-11-6-15(12-20(19)31-5-2)13-21-22(28)26-24(33-21)25-17-9-7-16(8-10-17)14(3)27/h6-13,18H,4-5H2,1-3H3,(H,29,30)(H,25,26,28)/b21-13+. The highest BCUT2D eigenvalue weighted by atomic mass is 32.2. The van der Waals surface area contributed by atoms with Gasteiger partial charge in [0, 0.05) is 5.56 Å². The van der Waals surface area contributed by atoms with E-state index in [0.717, 1.165) is 0 Å². The van der Waals surface area contributed by atoms with E-state index >= 15 is 0 Å². The zero-order valence-corrected chi connectivity index (χ0v) is 19.3. The number of carboxylic acids is 1. The van der Waals surface area contributed by atoms with Crippen molar-refractivity contribution < 1.29 is 29.0 Å². The van der Waals surface area contributed by atoms with Crippen molar-refractivity contribution >= 4 is 46.4 Å². The average Bonchev–Trinajstić information content (AvgIpc) is 3.12. The van der Waals surface area contributed by atoms with Gasteiger partial charge in [-0.25, -0.2) is 9.79 Å². The van der Waals surface area contributed by atoms with E-state index in [1.807, 2.05) is 6.92 Å². The maximum absolute atomic E-state index is 12.4. The number of hydrogen-bond acceptors (Lipinski definition) is 7. The Bertz CT molecular complexity index is 1120. The Kier molecular flexibility index (Phi) is 7.89. The summed E-state index contributed by atoms with van der Waals surface area (Å²) >= 11 is 1.19. The minimum Gasteiger partial charge on any atom is -0.490 e. The number of ketones is 1. The molecule has 1 saturated heterocycles. The summed E-state index contributed by atoms with van der Waals surface area (Å²) in [6, 6.07) is 11.9. The Morgan fingerprint density at radius 3 is 2.48 bits per heavy atom. The van der Waals surface area contributed by atoms with Gasteiger partial charge in [-0.05, 0) is 80.1 Å². The summed E-state index contributed by atoms with van der Waals surface area (Å²) in [4.78, 5) is 40.0. The number of rotatable bonds is 9. The smallest absolute Gasteiger partial charge is 0.344 e. The van der Waals surface area contributed by atoms with Crippen molar-refractivity contribution in [3.63, 3.8) is 0 Å². The molecule has 1 heterocycles. The van der Waals surface area contributed by atoms with Crippen LogP contribution >= 0.6 is 11.8 Å². The third-order valence-corrected chi connectivity index (χ3v) is 5.55. The highest BCUT2D eigenvalue weighted by Gasteiger charge is 2.24.